The van der Waals surface area contributed by atoms with Gasteiger partial charge < -0.3 is 21.1 Å². The van der Waals surface area contributed by atoms with Gasteiger partial charge in [0.1, 0.15) is 0 Å². The number of amides is 1. The molecule has 158 valence electrons. The predicted octanol–water partition coefficient (Wildman–Crippen LogP) is 4.61. The van der Waals surface area contributed by atoms with Crippen molar-refractivity contribution >= 4 is 34.4 Å². The highest BCUT2D eigenvalue weighted by molar-refractivity contribution is 6.12. The maximum Gasteiger partial charge on any atom is 0.255 e. The van der Waals surface area contributed by atoms with Gasteiger partial charge in [0.05, 0.1) is 5.69 Å². The molecule has 4 rings (SSSR count). The first-order chi connectivity index (χ1) is 15.2. The highest BCUT2D eigenvalue weighted by Crippen LogP contribution is 2.36. The Morgan fingerprint density at radius 1 is 0.871 bits per heavy atom. The fourth-order valence-corrected chi connectivity index (χ4v) is 3.73. The number of hydrogen-bond acceptors (Lipinski definition) is 5. The molecule has 31 heavy (non-hydrogen) atoms. The number of carbonyl (C=O) groups is 2. The number of anilines is 4. The largest absolute Gasteiger partial charge is 0.396 e. The minimum absolute atomic E-state index is 0.0467. The van der Waals surface area contributed by atoms with Crippen LogP contribution in [0.1, 0.15) is 39.1 Å². The first-order valence-corrected chi connectivity index (χ1v) is 10.4. The third-order valence-electron chi connectivity index (χ3n) is 5.31. The van der Waals surface area contributed by atoms with Crippen molar-refractivity contribution in [1.29, 1.82) is 0 Å². The predicted molar refractivity (Wildman–Crippen MR) is 123 cm³/mol. The molecule has 0 aromatic heterocycles. The zero-order valence-corrected chi connectivity index (χ0v) is 17.2. The average molecular weight is 415 g/mol. The number of ketones is 1. The van der Waals surface area contributed by atoms with Crippen LogP contribution < -0.4 is 16.0 Å². The van der Waals surface area contributed by atoms with Gasteiger partial charge in [0, 0.05) is 47.8 Å². The number of rotatable bonds is 8. The van der Waals surface area contributed by atoms with Crippen LogP contribution in [0.5, 0.6) is 0 Å². The van der Waals surface area contributed by atoms with Gasteiger partial charge in [0.2, 0.25) is 0 Å². The Hall–Kier alpha value is -3.64. The van der Waals surface area contributed by atoms with Crippen LogP contribution >= 0.6 is 0 Å². The molecule has 1 aliphatic carbocycles. The summed E-state index contributed by atoms with van der Waals surface area (Å²) in [5.41, 5.74) is 5.32. The summed E-state index contributed by atoms with van der Waals surface area (Å²) in [7, 11) is 0. The number of aliphatic hydroxyl groups is 1. The number of hydrogen-bond donors (Lipinski definition) is 4. The van der Waals surface area contributed by atoms with Crippen LogP contribution in [-0.2, 0) is 6.42 Å². The third-order valence-corrected chi connectivity index (χ3v) is 5.31. The number of Topliss-reactive ketones (excluding diaryl/α,β-unsaturated/α-hetero) is 1. The van der Waals surface area contributed by atoms with E-state index in [1.807, 2.05) is 48.5 Å². The molecule has 0 bridgehead atoms. The fourth-order valence-electron chi connectivity index (χ4n) is 3.73. The van der Waals surface area contributed by atoms with E-state index in [-0.39, 0.29) is 18.3 Å². The van der Waals surface area contributed by atoms with Gasteiger partial charge in [-0.3, -0.25) is 9.59 Å². The highest BCUT2D eigenvalue weighted by atomic mass is 16.3. The Bertz CT molecular complexity index is 1080. The Labute approximate surface area is 181 Å². The molecule has 3 aromatic carbocycles. The number of benzene rings is 3. The minimum atomic E-state index is -0.257. The quantitative estimate of drug-likeness (QED) is 0.404. The normalized spacial score (nSPS) is 12.4. The summed E-state index contributed by atoms with van der Waals surface area (Å²) in [6, 6.07) is 20.6. The summed E-state index contributed by atoms with van der Waals surface area (Å²) in [6.07, 6.45) is 1.76. The maximum absolute atomic E-state index is 12.8. The number of aliphatic hydroxyl groups excluding tert-OH is 1. The molecule has 0 spiro atoms. The second kappa shape index (κ2) is 9.45. The van der Waals surface area contributed by atoms with Gasteiger partial charge in [0.25, 0.3) is 5.91 Å². The Morgan fingerprint density at radius 2 is 1.61 bits per heavy atom. The zero-order chi connectivity index (χ0) is 21.6. The van der Waals surface area contributed by atoms with E-state index in [4.69, 9.17) is 5.11 Å². The van der Waals surface area contributed by atoms with E-state index >= 15 is 0 Å². The van der Waals surface area contributed by atoms with Crippen LogP contribution in [0, 0.1) is 0 Å². The van der Waals surface area contributed by atoms with Gasteiger partial charge in [-0.15, -0.1) is 0 Å². The van der Waals surface area contributed by atoms with Gasteiger partial charge in [-0.2, -0.15) is 0 Å². The molecular weight excluding hydrogens is 390 g/mol. The summed E-state index contributed by atoms with van der Waals surface area (Å²) >= 11 is 0. The van der Waals surface area contributed by atoms with E-state index in [1.54, 1.807) is 18.2 Å². The molecule has 0 fully saturated rings. The fraction of sp³-hybridized carbons (Fsp3) is 0.200. The number of carbonyl (C=O) groups excluding carboxylic acids is 2. The van der Waals surface area contributed by atoms with E-state index in [1.165, 1.54) is 0 Å². The average Bonchev–Trinajstić information content (AvgIpc) is 3.19. The van der Waals surface area contributed by atoms with Crippen LogP contribution in [0.4, 0.5) is 22.7 Å². The van der Waals surface area contributed by atoms with E-state index in [0.29, 0.717) is 42.6 Å². The highest BCUT2D eigenvalue weighted by Gasteiger charge is 2.26. The second-order valence-electron chi connectivity index (χ2n) is 7.46. The third kappa shape index (κ3) is 4.75. The van der Waals surface area contributed by atoms with Crippen LogP contribution in [0.3, 0.4) is 0 Å². The van der Waals surface area contributed by atoms with E-state index in [9.17, 15) is 9.59 Å². The summed E-state index contributed by atoms with van der Waals surface area (Å²) in [5.74, 6) is -0.210. The minimum Gasteiger partial charge on any atom is -0.396 e. The molecule has 3 aromatic rings. The Kier molecular flexibility index (Phi) is 6.29. The lowest BCUT2D eigenvalue weighted by molar-refractivity contribution is 0.0995. The van der Waals surface area contributed by atoms with Gasteiger partial charge in [-0.05, 0) is 66.9 Å². The lowest BCUT2D eigenvalue weighted by atomic mass is 10.0. The Morgan fingerprint density at radius 3 is 2.35 bits per heavy atom. The molecule has 1 aliphatic rings. The van der Waals surface area contributed by atoms with Crippen molar-refractivity contribution < 1.29 is 14.7 Å². The van der Waals surface area contributed by atoms with Crippen LogP contribution in [0.15, 0.2) is 66.7 Å². The SMILES string of the molecule is O=C(Nc1ccc(Nc2ccccc2)c2c1C(=O)CC2)c1ccc(NCCCO)cc1. The van der Waals surface area contributed by atoms with Crippen molar-refractivity contribution in [1.82, 2.24) is 0 Å². The first kappa shape index (κ1) is 20.6. The molecule has 6 nitrogen and oxygen atoms in total. The zero-order valence-electron chi connectivity index (χ0n) is 17.2. The lowest BCUT2D eigenvalue weighted by Gasteiger charge is -2.15. The van der Waals surface area contributed by atoms with Gasteiger partial charge >= 0.3 is 0 Å². The number of nitrogens with one attached hydrogen (secondary N) is 3. The maximum atomic E-state index is 12.8. The molecule has 0 atom stereocenters. The molecule has 0 aliphatic heterocycles. The van der Waals surface area contributed by atoms with Crippen LogP contribution in [0.25, 0.3) is 0 Å². The van der Waals surface area contributed by atoms with Crippen molar-refractivity contribution in [3.8, 4) is 0 Å². The van der Waals surface area contributed by atoms with Crippen molar-refractivity contribution in [2.45, 2.75) is 19.3 Å². The summed E-state index contributed by atoms with van der Waals surface area (Å²) < 4.78 is 0. The lowest BCUT2D eigenvalue weighted by Crippen LogP contribution is -2.15. The van der Waals surface area contributed by atoms with Crippen molar-refractivity contribution in [2.75, 3.05) is 29.1 Å². The van der Waals surface area contributed by atoms with Gasteiger partial charge in [-0.25, -0.2) is 0 Å². The van der Waals surface area contributed by atoms with Crippen molar-refractivity contribution in [2.24, 2.45) is 0 Å². The molecule has 0 heterocycles. The number of fused-ring (bicyclic) bond motifs is 1. The topological polar surface area (TPSA) is 90.5 Å². The molecule has 0 unspecified atom stereocenters. The summed E-state index contributed by atoms with van der Waals surface area (Å²) in [5, 5.41) is 18.3. The van der Waals surface area contributed by atoms with E-state index < -0.39 is 0 Å². The van der Waals surface area contributed by atoms with Crippen molar-refractivity contribution in [3.63, 3.8) is 0 Å². The molecule has 0 saturated heterocycles. The molecule has 1 amide bonds. The molecular formula is C25H25N3O3. The van der Waals surface area contributed by atoms with Gasteiger partial charge in [-0.1, -0.05) is 18.2 Å². The molecule has 4 N–H and O–H groups in total. The van der Waals surface area contributed by atoms with Gasteiger partial charge in [0.15, 0.2) is 5.78 Å². The van der Waals surface area contributed by atoms with Crippen molar-refractivity contribution in [3.05, 3.63) is 83.4 Å². The second-order valence-corrected chi connectivity index (χ2v) is 7.46. The Balaban J connectivity index is 1.51. The molecule has 0 radical (unpaired) electrons. The smallest absolute Gasteiger partial charge is 0.255 e. The summed E-state index contributed by atoms with van der Waals surface area (Å²) in [4.78, 5) is 25.4. The van der Waals surface area contributed by atoms with E-state index in [0.717, 1.165) is 22.6 Å². The first-order valence-electron chi connectivity index (χ1n) is 10.4. The molecule has 0 saturated carbocycles. The number of para-hydroxylation sites is 1. The van der Waals surface area contributed by atoms with Crippen LogP contribution in [-0.4, -0.2) is 29.9 Å². The molecule has 6 heteroatoms. The standard InChI is InChI=1S/C25H25N3O3/c29-16-4-15-26-18-9-7-17(8-10-18)25(31)28-22-13-12-21(20-11-14-23(30)24(20)22)27-19-5-2-1-3-6-19/h1-3,5-10,12-13,26-27,29H,4,11,14-16H2,(H,28,31). The van der Waals surface area contributed by atoms with Crippen LogP contribution in [0.2, 0.25) is 0 Å². The monoisotopic (exact) mass is 415 g/mol. The summed E-state index contributed by atoms with van der Waals surface area (Å²) in [6.45, 7) is 0.801. The van der Waals surface area contributed by atoms with E-state index in [2.05, 4.69) is 16.0 Å².